The summed E-state index contributed by atoms with van der Waals surface area (Å²) in [5.41, 5.74) is 14.8. The van der Waals surface area contributed by atoms with Crippen LogP contribution in [0, 0.1) is 0 Å². The number of halogens is 1. The van der Waals surface area contributed by atoms with E-state index in [9.17, 15) is 4.79 Å². The molecule has 0 aliphatic heterocycles. The Labute approximate surface area is 213 Å². The van der Waals surface area contributed by atoms with Crippen molar-refractivity contribution in [1.29, 1.82) is 0 Å². The van der Waals surface area contributed by atoms with Crippen molar-refractivity contribution in [2.45, 2.75) is 51.4 Å². The van der Waals surface area contributed by atoms with Crippen molar-refractivity contribution in [3.05, 3.63) is 40.1 Å². The maximum absolute atomic E-state index is 12.7. The molecule has 2 aliphatic rings. The number of aryl methyl sites for hydroxylation is 2. The van der Waals surface area contributed by atoms with Crippen LogP contribution in [0.5, 0.6) is 0 Å². The SMILES string of the molecule is CN(C)CC(C=C(N)CCOCCC(=O)Nc1c2c(cc3c1CCC3)CCC2)=NCCI(C)C. The van der Waals surface area contributed by atoms with Crippen LogP contribution in [-0.4, -0.2) is 71.2 Å². The average molecular weight is 583 g/mol. The molecule has 0 saturated heterocycles. The van der Waals surface area contributed by atoms with Crippen molar-refractivity contribution in [2.75, 3.05) is 60.0 Å². The molecular formula is C27H43IN4O2. The summed E-state index contributed by atoms with van der Waals surface area (Å²) in [7, 11) is 4.09. The third-order valence-corrected chi connectivity index (χ3v) is 8.99. The van der Waals surface area contributed by atoms with E-state index in [1.807, 2.05) is 20.2 Å². The molecule has 1 amide bonds. The Bertz CT molecular complexity index is 876. The number of nitrogens with zero attached hydrogens (tertiary/aromatic N) is 2. The van der Waals surface area contributed by atoms with Gasteiger partial charge in [0, 0.05) is 5.69 Å². The number of nitrogens with two attached hydrogens (primary N) is 1. The number of anilines is 1. The number of hydrogen-bond donors (Lipinski definition) is 2. The van der Waals surface area contributed by atoms with Crippen LogP contribution >= 0.6 is 19.8 Å². The van der Waals surface area contributed by atoms with Gasteiger partial charge in [-0.1, -0.05) is 6.07 Å². The van der Waals surface area contributed by atoms with E-state index < -0.39 is 19.8 Å². The van der Waals surface area contributed by atoms with Crippen LogP contribution in [0.25, 0.3) is 0 Å². The van der Waals surface area contributed by atoms with Crippen LogP contribution in [0.3, 0.4) is 0 Å². The van der Waals surface area contributed by atoms with E-state index in [-0.39, 0.29) is 5.91 Å². The predicted molar refractivity (Wildman–Crippen MR) is 153 cm³/mol. The third kappa shape index (κ3) is 8.34. The van der Waals surface area contributed by atoms with Crippen molar-refractivity contribution in [3.8, 4) is 0 Å². The standard InChI is InChI=1S/C27H43IN4O2/c1-28(2)13-14-30-23(19-32(3)4)18-22(29)11-15-34-16-12-26(33)31-27-24-9-5-7-20(24)17-21-8-6-10-25(21)27/h17-18H,5-16,19,29H2,1-4H3,(H,31,33). The number of nitrogens with one attached hydrogen (secondary N) is 1. The maximum atomic E-state index is 12.7. The molecule has 190 valence electrons. The number of aliphatic imine (C=N–C) groups is 1. The van der Waals surface area contributed by atoms with E-state index in [0.29, 0.717) is 26.1 Å². The first kappa shape index (κ1) is 27.1. The van der Waals surface area contributed by atoms with Gasteiger partial charge in [-0.2, -0.15) is 0 Å². The molecule has 34 heavy (non-hydrogen) atoms. The molecular weight excluding hydrogens is 539 g/mol. The topological polar surface area (TPSA) is 79.9 Å². The van der Waals surface area contributed by atoms with Crippen LogP contribution in [0.1, 0.15) is 47.9 Å². The van der Waals surface area contributed by atoms with Crippen LogP contribution in [0.4, 0.5) is 5.69 Å². The van der Waals surface area contributed by atoms with Crippen molar-refractivity contribution in [2.24, 2.45) is 10.7 Å². The number of ether oxygens (including phenoxy) is 1. The Morgan fingerprint density at radius 3 is 2.38 bits per heavy atom. The minimum absolute atomic E-state index is 0.0486. The summed E-state index contributed by atoms with van der Waals surface area (Å²) in [5.74, 6) is 0.0486. The summed E-state index contributed by atoms with van der Waals surface area (Å²) in [5, 5.41) is 3.24. The van der Waals surface area contributed by atoms with Gasteiger partial charge < -0.3 is 5.32 Å². The summed E-state index contributed by atoms with van der Waals surface area (Å²) in [6, 6.07) is 2.39. The molecule has 3 N–H and O–H groups in total. The van der Waals surface area contributed by atoms with Crippen molar-refractivity contribution >= 4 is 37.1 Å². The van der Waals surface area contributed by atoms with Crippen LogP contribution in [-0.2, 0) is 35.2 Å². The number of carbonyl (C=O) groups excluding carboxylic acids is 1. The first-order valence-electron chi connectivity index (χ1n) is 12.5. The van der Waals surface area contributed by atoms with Gasteiger partial charge in [0.05, 0.1) is 0 Å². The molecule has 7 heteroatoms. The fourth-order valence-corrected chi connectivity index (χ4v) is 5.94. The monoisotopic (exact) mass is 582 g/mol. The van der Waals surface area contributed by atoms with Gasteiger partial charge in [-0.15, -0.1) is 0 Å². The first-order chi connectivity index (χ1) is 16.3. The van der Waals surface area contributed by atoms with Crippen molar-refractivity contribution in [3.63, 3.8) is 0 Å². The molecule has 2 aliphatic carbocycles. The van der Waals surface area contributed by atoms with Gasteiger partial charge >= 0.3 is 131 Å². The molecule has 6 nitrogen and oxygen atoms in total. The first-order valence-corrected chi connectivity index (χ1v) is 18.3. The molecule has 1 aromatic rings. The number of amides is 1. The van der Waals surface area contributed by atoms with E-state index in [1.165, 1.54) is 39.5 Å². The fraction of sp³-hybridized carbons (Fsp3) is 0.630. The molecule has 0 radical (unpaired) electrons. The number of rotatable bonds is 13. The zero-order valence-corrected chi connectivity index (χ0v) is 23.7. The fourth-order valence-electron chi connectivity index (χ4n) is 4.73. The zero-order chi connectivity index (χ0) is 24.5. The van der Waals surface area contributed by atoms with E-state index in [1.54, 1.807) is 0 Å². The third-order valence-electron chi connectivity index (χ3n) is 6.35. The van der Waals surface area contributed by atoms with Gasteiger partial charge in [0.15, 0.2) is 0 Å². The Kier molecular flexibility index (Phi) is 10.8. The van der Waals surface area contributed by atoms with E-state index in [4.69, 9.17) is 15.5 Å². The van der Waals surface area contributed by atoms with Crippen LogP contribution in [0.2, 0.25) is 0 Å². The zero-order valence-electron chi connectivity index (χ0n) is 21.5. The Balaban J connectivity index is 1.43. The van der Waals surface area contributed by atoms with Gasteiger partial charge in [0.25, 0.3) is 0 Å². The number of alkyl halides is 3. The molecule has 0 unspecified atom stereocenters. The molecule has 0 bridgehead atoms. The molecule has 0 fully saturated rings. The summed E-state index contributed by atoms with van der Waals surface area (Å²) in [6.45, 7) is 2.61. The van der Waals surface area contributed by atoms with Gasteiger partial charge in [-0.25, -0.2) is 0 Å². The molecule has 0 heterocycles. The quantitative estimate of drug-likeness (QED) is 0.160. The van der Waals surface area contributed by atoms with Gasteiger partial charge in [0.1, 0.15) is 0 Å². The Hall–Kier alpha value is -1.45. The summed E-state index contributed by atoms with van der Waals surface area (Å²) >= 11 is -0.751. The number of carbonyl (C=O) groups is 1. The van der Waals surface area contributed by atoms with Gasteiger partial charge in [-0.05, 0) is 60.8 Å². The van der Waals surface area contributed by atoms with E-state index in [2.05, 4.69) is 26.1 Å². The van der Waals surface area contributed by atoms with Crippen LogP contribution < -0.4 is 11.1 Å². The van der Waals surface area contributed by atoms with Crippen molar-refractivity contribution < 1.29 is 9.53 Å². The second-order valence-corrected chi connectivity index (χ2v) is 16.1. The van der Waals surface area contributed by atoms with Crippen LogP contribution in [0.15, 0.2) is 22.8 Å². The Morgan fingerprint density at radius 1 is 1.12 bits per heavy atom. The average Bonchev–Trinajstić information content (AvgIpc) is 3.42. The number of benzene rings is 1. The summed E-state index contributed by atoms with van der Waals surface area (Å²) in [4.78, 5) is 24.3. The van der Waals surface area contributed by atoms with E-state index >= 15 is 0 Å². The second-order valence-electron chi connectivity index (χ2n) is 9.83. The number of fused-ring (bicyclic) bond motifs is 2. The predicted octanol–water partition coefficient (Wildman–Crippen LogP) is 4.01. The summed E-state index contributed by atoms with van der Waals surface area (Å²) < 4.78 is 6.98. The second kappa shape index (κ2) is 13.6. The van der Waals surface area contributed by atoms with E-state index in [0.717, 1.165) is 55.9 Å². The number of hydrogen-bond acceptors (Lipinski definition) is 5. The molecule has 0 saturated carbocycles. The van der Waals surface area contributed by atoms with Gasteiger partial charge in [0.2, 0.25) is 0 Å². The van der Waals surface area contributed by atoms with Gasteiger partial charge in [-0.3, -0.25) is 4.79 Å². The normalized spacial score (nSPS) is 16.1. The molecule has 1 aromatic carbocycles. The minimum atomic E-state index is -0.751. The molecule has 0 atom stereocenters. The molecule has 0 aromatic heterocycles. The summed E-state index contributed by atoms with van der Waals surface area (Å²) in [6.07, 6.45) is 9.85. The molecule has 3 rings (SSSR count). The molecule has 0 spiro atoms. The Morgan fingerprint density at radius 2 is 1.76 bits per heavy atom. The van der Waals surface area contributed by atoms with Crippen molar-refractivity contribution in [1.82, 2.24) is 4.90 Å².